The number of rotatable bonds is 6. The number of hydrogen-bond donors (Lipinski definition) is 2. The molecule has 0 fully saturated rings. The fourth-order valence-corrected chi connectivity index (χ4v) is 0.754. The lowest BCUT2D eigenvalue weighted by Gasteiger charge is -2.05. The Kier molecular flexibility index (Phi) is 21.8. The molecule has 0 aromatic heterocycles. The third-order valence-electron chi connectivity index (χ3n) is 1.19. The van der Waals surface area contributed by atoms with E-state index in [0.717, 1.165) is 19.4 Å². The number of halogens is 2. The van der Waals surface area contributed by atoms with E-state index in [-0.39, 0.29) is 24.8 Å². The molecule has 0 radical (unpaired) electrons. The van der Waals surface area contributed by atoms with Crippen LogP contribution in [0.2, 0.25) is 0 Å². The standard InChI is InChI=1S/C7H16N2OS.2ClH/c1-9-5-3-7(11)10-6-2-4-8;;/h9H,2-6,8H2,1H3;2*1H. The quantitative estimate of drug-likeness (QED) is 0.547. The van der Waals surface area contributed by atoms with Crippen LogP contribution in [-0.4, -0.2) is 31.8 Å². The fourth-order valence-electron chi connectivity index (χ4n) is 0.569. The molecule has 0 unspecified atom stereocenters. The molecule has 0 aromatic carbocycles. The van der Waals surface area contributed by atoms with Crippen LogP contribution in [0.3, 0.4) is 0 Å². The second-order valence-corrected chi connectivity index (χ2v) is 2.67. The second-order valence-electron chi connectivity index (χ2n) is 2.22. The number of nitrogens with one attached hydrogen (secondary N) is 1. The zero-order chi connectivity index (χ0) is 8.53. The Labute approximate surface area is 97.6 Å². The maximum atomic E-state index is 5.28. The van der Waals surface area contributed by atoms with Gasteiger partial charge >= 0.3 is 0 Å². The van der Waals surface area contributed by atoms with Crippen molar-refractivity contribution in [2.24, 2.45) is 5.73 Å². The van der Waals surface area contributed by atoms with Gasteiger partial charge in [0.25, 0.3) is 0 Å². The summed E-state index contributed by atoms with van der Waals surface area (Å²) < 4.78 is 5.20. The van der Waals surface area contributed by atoms with E-state index < -0.39 is 0 Å². The Morgan fingerprint density at radius 2 is 2.08 bits per heavy atom. The van der Waals surface area contributed by atoms with E-state index in [1.165, 1.54) is 0 Å². The lowest BCUT2D eigenvalue weighted by Crippen LogP contribution is -2.15. The summed E-state index contributed by atoms with van der Waals surface area (Å²) in [6.45, 7) is 2.19. The first-order chi connectivity index (χ1) is 5.31. The maximum absolute atomic E-state index is 5.28. The Bertz CT molecular complexity index is 117. The summed E-state index contributed by atoms with van der Waals surface area (Å²) in [4.78, 5) is 0. The first kappa shape index (κ1) is 19.0. The molecule has 3 nitrogen and oxygen atoms in total. The third-order valence-corrected chi connectivity index (χ3v) is 1.51. The zero-order valence-electron chi connectivity index (χ0n) is 7.75. The first-order valence-corrected chi connectivity index (χ1v) is 4.22. The van der Waals surface area contributed by atoms with Gasteiger partial charge in [0.05, 0.1) is 6.61 Å². The van der Waals surface area contributed by atoms with E-state index in [1.54, 1.807) is 0 Å². The lowest BCUT2D eigenvalue weighted by molar-refractivity contribution is 0.300. The number of hydrogen-bond acceptors (Lipinski definition) is 4. The van der Waals surface area contributed by atoms with Gasteiger partial charge in [0, 0.05) is 13.0 Å². The molecule has 0 spiro atoms. The van der Waals surface area contributed by atoms with Crippen LogP contribution in [0.5, 0.6) is 0 Å². The van der Waals surface area contributed by atoms with Gasteiger partial charge in [0.2, 0.25) is 0 Å². The van der Waals surface area contributed by atoms with Gasteiger partial charge in [-0.1, -0.05) is 0 Å². The molecular formula is C7H18Cl2N2OS. The van der Waals surface area contributed by atoms with Gasteiger partial charge in [-0.25, -0.2) is 0 Å². The highest BCUT2D eigenvalue weighted by Crippen LogP contribution is 1.89. The normalized spacial score (nSPS) is 8.15. The predicted molar refractivity (Wildman–Crippen MR) is 65.3 cm³/mol. The van der Waals surface area contributed by atoms with Gasteiger partial charge in [-0.15, -0.1) is 24.8 Å². The summed E-state index contributed by atoms with van der Waals surface area (Å²) in [6.07, 6.45) is 1.68. The molecule has 13 heavy (non-hydrogen) atoms. The van der Waals surface area contributed by atoms with Crippen LogP contribution in [0.25, 0.3) is 0 Å². The average molecular weight is 249 g/mol. The van der Waals surface area contributed by atoms with Crippen LogP contribution in [0.1, 0.15) is 12.8 Å². The summed E-state index contributed by atoms with van der Waals surface area (Å²) in [6, 6.07) is 0. The molecule has 0 saturated heterocycles. The molecule has 0 amide bonds. The molecule has 0 atom stereocenters. The van der Waals surface area contributed by atoms with Crippen LogP contribution in [-0.2, 0) is 4.74 Å². The molecule has 0 aliphatic rings. The van der Waals surface area contributed by atoms with Gasteiger partial charge in [-0.05, 0) is 32.2 Å². The maximum Gasteiger partial charge on any atom is 0.160 e. The Morgan fingerprint density at radius 3 is 2.54 bits per heavy atom. The molecule has 3 N–H and O–H groups in total. The highest BCUT2D eigenvalue weighted by Gasteiger charge is 1.94. The monoisotopic (exact) mass is 248 g/mol. The van der Waals surface area contributed by atoms with Gasteiger partial charge in [-0.3, -0.25) is 0 Å². The number of thiocarbonyl (C=S) groups is 1. The van der Waals surface area contributed by atoms with Crippen molar-refractivity contribution in [3.8, 4) is 0 Å². The second kappa shape index (κ2) is 14.9. The van der Waals surface area contributed by atoms with E-state index in [4.69, 9.17) is 22.7 Å². The minimum absolute atomic E-state index is 0. The number of ether oxygens (including phenoxy) is 1. The van der Waals surface area contributed by atoms with Gasteiger partial charge in [0.15, 0.2) is 5.05 Å². The van der Waals surface area contributed by atoms with Crippen molar-refractivity contribution in [2.45, 2.75) is 12.8 Å². The number of nitrogens with two attached hydrogens (primary N) is 1. The van der Waals surface area contributed by atoms with Crippen molar-refractivity contribution < 1.29 is 4.74 Å². The molecule has 82 valence electrons. The van der Waals surface area contributed by atoms with Crippen LogP contribution in [0.4, 0.5) is 0 Å². The van der Waals surface area contributed by atoms with Crippen molar-refractivity contribution in [3.05, 3.63) is 0 Å². The molecule has 0 rings (SSSR count). The first-order valence-electron chi connectivity index (χ1n) is 3.81. The van der Waals surface area contributed by atoms with Crippen LogP contribution >= 0.6 is 37.0 Å². The molecule has 0 aliphatic carbocycles. The summed E-state index contributed by atoms with van der Waals surface area (Å²) in [5.41, 5.74) is 5.28. The van der Waals surface area contributed by atoms with Gasteiger partial charge in [-0.2, -0.15) is 0 Å². The average Bonchev–Trinajstić information content (AvgIpc) is 2.01. The summed E-state index contributed by atoms with van der Waals surface area (Å²) in [5, 5.41) is 3.67. The topological polar surface area (TPSA) is 47.3 Å². The largest absolute Gasteiger partial charge is 0.487 e. The SMILES string of the molecule is CNCCC(=S)OCCCN.Cl.Cl. The smallest absolute Gasteiger partial charge is 0.160 e. The fraction of sp³-hybridized carbons (Fsp3) is 0.857. The van der Waals surface area contributed by atoms with E-state index in [1.807, 2.05) is 7.05 Å². The molecule has 0 heterocycles. The van der Waals surface area contributed by atoms with Gasteiger partial charge in [0.1, 0.15) is 0 Å². The molecule has 0 bridgehead atoms. The minimum atomic E-state index is 0. The Morgan fingerprint density at radius 1 is 1.46 bits per heavy atom. The van der Waals surface area contributed by atoms with Crippen LogP contribution in [0, 0.1) is 0 Å². The van der Waals surface area contributed by atoms with E-state index in [0.29, 0.717) is 18.2 Å². The van der Waals surface area contributed by atoms with Crippen molar-refractivity contribution in [1.29, 1.82) is 0 Å². The van der Waals surface area contributed by atoms with E-state index >= 15 is 0 Å². The highest BCUT2D eigenvalue weighted by molar-refractivity contribution is 7.80. The summed E-state index contributed by atoms with van der Waals surface area (Å²) in [7, 11) is 1.89. The molecular weight excluding hydrogens is 231 g/mol. The third kappa shape index (κ3) is 15.2. The molecule has 6 heteroatoms. The summed E-state index contributed by atoms with van der Waals surface area (Å²) >= 11 is 4.93. The zero-order valence-corrected chi connectivity index (χ0v) is 10.2. The Hall–Kier alpha value is 0.390. The minimum Gasteiger partial charge on any atom is -0.487 e. The predicted octanol–water partition coefficient (Wildman–Crippen LogP) is 1.13. The van der Waals surface area contributed by atoms with E-state index in [9.17, 15) is 0 Å². The van der Waals surface area contributed by atoms with Gasteiger partial charge < -0.3 is 15.8 Å². The van der Waals surface area contributed by atoms with Crippen LogP contribution in [0.15, 0.2) is 0 Å². The van der Waals surface area contributed by atoms with Crippen molar-refractivity contribution in [1.82, 2.24) is 5.32 Å². The highest BCUT2D eigenvalue weighted by atomic mass is 35.5. The van der Waals surface area contributed by atoms with Crippen molar-refractivity contribution in [2.75, 3.05) is 26.7 Å². The van der Waals surface area contributed by atoms with E-state index in [2.05, 4.69) is 5.32 Å². The Balaban J connectivity index is -0.000000500. The van der Waals surface area contributed by atoms with Crippen LogP contribution < -0.4 is 11.1 Å². The lowest BCUT2D eigenvalue weighted by atomic mass is 10.4. The molecule has 0 aromatic rings. The molecule has 0 saturated carbocycles. The summed E-state index contributed by atoms with van der Waals surface area (Å²) in [5.74, 6) is 0. The molecule has 0 aliphatic heterocycles. The van der Waals surface area contributed by atoms with Crippen molar-refractivity contribution >= 4 is 42.1 Å². The van der Waals surface area contributed by atoms with Crippen molar-refractivity contribution in [3.63, 3.8) is 0 Å².